The summed E-state index contributed by atoms with van der Waals surface area (Å²) in [5.41, 5.74) is 0. The summed E-state index contributed by atoms with van der Waals surface area (Å²) in [5, 5.41) is 2.74. The molecule has 1 aliphatic carbocycles. The van der Waals surface area contributed by atoms with Crippen LogP contribution in [0, 0.1) is 11.8 Å². The fraction of sp³-hybridized carbons (Fsp3) is 0.857. The van der Waals surface area contributed by atoms with Gasteiger partial charge in [0.15, 0.2) is 0 Å². The van der Waals surface area contributed by atoms with E-state index in [-0.39, 0.29) is 29.9 Å². The van der Waals surface area contributed by atoms with E-state index in [1.54, 1.807) is 6.92 Å². The molecule has 2 amide bonds. The maximum Gasteiger partial charge on any atom is 0.245 e. The molecule has 0 bridgehead atoms. The number of nitrogens with one attached hydrogen (secondary N) is 1. The predicted octanol–water partition coefficient (Wildman–Crippen LogP) is 1.55. The Hall–Kier alpha value is -1.06. The van der Waals surface area contributed by atoms with Gasteiger partial charge in [0.1, 0.15) is 12.1 Å². The molecule has 2 fully saturated rings. The minimum atomic E-state index is -0.377. The molecule has 1 heterocycles. The molecule has 1 saturated carbocycles. The van der Waals surface area contributed by atoms with Gasteiger partial charge in [0.05, 0.1) is 0 Å². The highest BCUT2D eigenvalue weighted by Gasteiger charge is 2.43. The summed E-state index contributed by atoms with van der Waals surface area (Å²) >= 11 is 0. The highest BCUT2D eigenvalue weighted by Crippen LogP contribution is 2.34. The third kappa shape index (κ3) is 2.13. The van der Waals surface area contributed by atoms with Gasteiger partial charge in [-0.2, -0.15) is 0 Å². The monoisotopic (exact) mass is 252 g/mol. The van der Waals surface area contributed by atoms with Crippen LogP contribution in [0.3, 0.4) is 0 Å². The van der Waals surface area contributed by atoms with Crippen molar-refractivity contribution in [3.05, 3.63) is 0 Å². The van der Waals surface area contributed by atoms with E-state index in [4.69, 9.17) is 0 Å². The number of nitrogens with zero attached hydrogens (tertiary/aromatic N) is 1. The fourth-order valence-electron chi connectivity index (χ4n) is 3.33. The summed E-state index contributed by atoms with van der Waals surface area (Å²) in [6, 6.07) is -0.477. The molecule has 0 aromatic rings. The molecule has 1 N–H and O–H groups in total. The Kier molecular flexibility index (Phi) is 3.64. The van der Waals surface area contributed by atoms with Crippen molar-refractivity contribution in [1.82, 2.24) is 10.2 Å². The number of hydrogen-bond acceptors (Lipinski definition) is 2. The number of hydrogen-bond donors (Lipinski definition) is 1. The van der Waals surface area contributed by atoms with Crippen molar-refractivity contribution >= 4 is 11.8 Å². The van der Waals surface area contributed by atoms with Crippen LogP contribution in [0.15, 0.2) is 0 Å². The van der Waals surface area contributed by atoms with Gasteiger partial charge in [0.25, 0.3) is 0 Å². The number of amides is 2. The molecule has 1 saturated heterocycles. The van der Waals surface area contributed by atoms with Crippen LogP contribution >= 0.6 is 0 Å². The zero-order chi connectivity index (χ0) is 13.4. The van der Waals surface area contributed by atoms with Gasteiger partial charge in [0.2, 0.25) is 11.8 Å². The molecule has 0 aromatic heterocycles. The molecular formula is C14H24N2O2. The Morgan fingerprint density at radius 1 is 1.11 bits per heavy atom. The van der Waals surface area contributed by atoms with Crippen molar-refractivity contribution in [2.75, 3.05) is 0 Å². The lowest BCUT2D eigenvalue weighted by Crippen LogP contribution is -2.65. The lowest BCUT2D eigenvalue weighted by Gasteiger charge is -2.47. The largest absolute Gasteiger partial charge is 0.343 e. The molecule has 2 aliphatic rings. The van der Waals surface area contributed by atoms with Crippen molar-refractivity contribution < 1.29 is 9.59 Å². The van der Waals surface area contributed by atoms with Crippen LogP contribution in [0.2, 0.25) is 0 Å². The van der Waals surface area contributed by atoms with Crippen molar-refractivity contribution in [3.63, 3.8) is 0 Å². The third-order valence-electron chi connectivity index (χ3n) is 4.80. The lowest BCUT2D eigenvalue weighted by molar-refractivity contribution is -0.153. The van der Waals surface area contributed by atoms with Gasteiger partial charge >= 0.3 is 0 Å². The molecule has 102 valence electrons. The van der Waals surface area contributed by atoms with Gasteiger partial charge in [0, 0.05) is 6.04 Å². The second-order valence-electron chi connectivity index (χ2n) is 5.99. The van der Waals surface area contributed by atoms with Crippen molar-refractivity contribution in [2.24, 2.45) is 11.8 Å². The van der Waals surface area contributed by atoms with E-state index < -0.39 is 0 Å². The van der Waals surface area contributed by atoms with Crippen LogP contribution < -0.4 is 5.32 Å². The average Bonchev–Trinajstić information content (AvgIpc) is 2.32. The van der Waals surface area contributed by atoms with Crippen molar-refractivity contribution in [2.45, 2.75) is 65.1 Å². The first-order valence-corrected chi connectivity index (χ1v) is 7.06. The van der Waals surface area contributed by atoms with E-state index in [2.05, 4.69) is 19.2 Å². The first-order chi connectivity index (χ1) is 8.43. The molecule has 4 heteroatoms. The van der Waals surface area contributed by atoms with Gasteiger partial charge in [-0.15, -0.1) is 0 Å². The van der Waals surface area contributed by atoms with Crippen molar-refractivity contribution in [1.29, 1.82) is 0 Å². The van der Waals surface area contributed by atoms with E-state index in [9.17, 15) is 9.59 Å². The first-order valence-electron chi connectivity index (χ1n) is 7.06. The molecule has 5 atom stereocenters. The normalized spacial score (nSPS) is 41.8. The van der Waals surface area contributed by atoms with Crippen LogP contribution in [0.25, 0.3) is 0 Å². The minimum absolute atomic E-state index is 0.0208. The summed E-state index contributed by atoms with van der Waals surface area (Å²) < 4.78 is 0. The molecule has 0 aromatic carbocycles. The number of carbonyl (C=O) groups excluding carboxylic acids is 2. The van der Waals surface area contributed by atoms with Crippen LogP contribution in [-0.4, -0.2) is 34.8 Å². The van der Waals surface area contributed by atoms with E-state index in [1.165, 1.54) is 6.42 Å². The highest BCUT2D eigenvalue weighted by atomic mass is 16.2. The summed E-state index contributed by atoms with van der Waals surface area (Å²) in [6.07, 6.45) is 3.42. The van der Waals surface area contributed by atoms with Gasteiger partial charge in [-0.1, -0.05) is 26.7 Å². The average molecular weight is 252 g/mol. The summed E-state index contributed by atoms with van der Waals surface area (Å²) in [6.45, 7) is 8.08. The Morgan fingerprint density at radius 3 is 2.44 bits per heavy atom. The van der Waals surface area contributed by atoms with E-state index >= 15 is 0 Å². The Labute approximate surface area is 109 Å². The summed E-state index contributed by atoms with van der Waals surface area (Å²) in [4.78, 5) is 26.1. The molecular weight excluding hydrogens is 228 g/mol. The topological polar surface area (TPSA) is 49.4 Å². The lowest BCUT2D eigenvalue weighted by atomic mass is 9.76. The standard InChI is InChI=1S/C14H24N2O2/c1-8-6-5-7-12(9(8)2)16-11(4)13(17)15-10(3)14(16)18/h8-12H,5-7H2,1-4H3,(H,15,17). The molecule has 4 nitrogen and oxygen atoms in total. The van der Waals surface area contributed by atoms with Crippen LogP contribution in [-0.2, 0) is 9.59 Å². The first kappa shape index (κ1) is 13.4. The maximum absolute atomic E-state index is 12.3. The third-order valence-corrected chi connectivity index (χ3v) is 4.80. The smallest absolute Gasteiger partial charge is 0.245 e. The van der Waals surface area contributed by atoms with Gasteiger partial charge in [-0.25, -0.2) is 0 Å². The number of rotatable bonds is 1. The second-order valence-corrected chi connectivity index (χ2v) is 5.99. The van der Waals surface area contributed by atoms with E-state index in [0.29, 0.717) is 11.8 Å². The van der Waals surface area contributed by atoms with Crippen LogP contribution in [0.4, 0.5) is 0 Å². The minimum Gasteiger partial charge on any atom is -0.343 e. The number of piperazine rings is 1. The predicted molar refractivity (Wildman–Crippen MR) is 69.9 cm³/mol. The van der Waals surface area contributed by atoms with Gasteiger partial charge < -0.3 is 10.2 Å². The van der Waals surface area contributed by atoms with Crippen molar-refractivity contribution in [3.8, 4) is 0 Å². The van der Waals surface area contributed by atoms with Gasteiger partial charge in [-0.3, -0.25) is 9.59 Å². The summed E-state index contributed by atoms with van der Waals surface area (Å²) in [7, 11) is 0. The van der Waals surface area contributed by atoms with Crippen LogP contribution in [0.5, 0.6) is 0 Å². The van der Waals surface area contributed by atoms with E-state index in [1.807, 2.05) is 11.8 Å². The van der Waals surface area contributed by atoms with E-state index in [0.717, 1.165) is 12.8 Å². The molecule has 18 heavy (non-hydrogen) atoms. The summed E-state index contributed by atoms with van der Waals surface area (Å²) in [5.74, 6) is 1.16. The Morgan fingerprint density at radius 2 is 1.78 bits per heavy atom. The SMILES string of the molecule is CC1NC(=O)C(C)N(C2CCCC(C)C2C)C1=O. The maximum atomic E-state index is 12.3. The quantitative estimate of drug-likeness (QED) is 0.769. The number of carbonyl (C=O) groups is 2. The zero-order valence-corrected chi connectivity index (χ0v) is 11.8. The Bertz CT molecular complexity index is 356. The molecule has 2 rings (SSSR count). The fourth-order valence-corrected chi connectivity index (χ4v) is 3.33. The molecule has 0 radical (unpaired) electrons. The van der Waals surface area contributed by atoms with Crippen LogP contribution in [0.1, 0.15) is 47.0 Å². The molecule has 1 aliphatic heterocycles. The van der Waals surface area contributed by atoms with Gasteiger partial charge in [-0.05, 0) is 32.1 Å². The highest BCUT2D eigenvalue weighted by molar-refractivity contribution is 5.96. The second kappa shape index (κ2) is 4.90. The Balaban J connectivity index is 2.23. The zero-order valence-electron chi connectivity index (χ0n) is 11.8. The molecule has 5 unspecified atom stereocenters. The molecule has 0 spiro atoms.